The van der Waals surface area contributed by atoms with Gasteiger partial charge in [0.05, 0.1) is 11.0 Å². The van der Waals surface area contributed by atoms with Crippen molar-refractivity contribution in [2.75, 3.05) is 26.7 Å². The molecule has 0 aliphatic heterocycles. The van der Waals surface area contributed by atoms with E-state index in [0.717, 1.165) is 58.2 Å². The van der Waals surface area contributed by atoms with Gasteiger partial charge in [0.2, 0.25) is 0 Å². The van der Waals surface area contributed by atoms with Gasteiger partial charge >= 0.3 is 0 Å². The highest BCUT2D eigenvalue weighted by molar-refractivity contribution is 5.94. The number of rotatable bonds is 14. The number of nitrogens with one attached hydrogen (secondary N) is 1. The number of ether oxygens (including phenoxy) is 1. The molecule has 31 heavy (non-hydrogen) atoms. The summed E-state index contributed by atoms with van der Waals surface area (Å²) in [5, 5.41) is 14.2. The molecule has 172 valence electrons. The molecule has 0 aromatic heterocycles. The van der Waals surface area contributed by atoms with Crippen LogP contribution in [0.2, 0.25) is 0 Å². The Bertz CT molecular complexity index is 685. The van der Waals surface area contributed by atoms with E-state index >= 15 is 0 Å². The van der Waals surface area contributed by atoms with Crippen LogP contribution in [0.25, 0.3) is 0 Å². The van der Waals surface area contributed by atoms with Crippen LogP contribution in [0, 0.1) is 10.1 Å². The molecule has 1 aliphatic rings. The summed E-state index contributed by atoms with van der Waals surface area (Å²) in [6, 6.07) is 6.01. The van der Waals surface area contributed by atoms with Gasteiger partial charge in [0, 0.05) is 37.4 Å². The Morgan fingerprint density at radius 1 is 1.16 bits per heavy atom. The average molecular weight is 432 g/mol. The molecule has 7 nitrogen and oxygen atoms in total. The quantitative estimate of drug-likeness (QED) is 0.199. The molecular formula is C24H37N3O4. The molecule has 1 aliphatic carbocycles. The topological polar surface area (TPSA) is 84.7 Å². The van der Waals surface area contributed by atoms with Crippen LogP contribution in [-0.2, 0) is 4.74 Å². The average Bonchev–Trinajstić information content (AvgIpc) is 2.80. The van der Waals surface area contributed by atoms with Gasteiger partial charge in [-0.25, -0.2) is 0 Å². The molecule has 1 saturated carbocycles. The summed E-state index contributed by atoms with van der Waals surface area (Å²) in [5.74, 6) is -0.0850. The summed E-state index contributed by atoms with van der Waals surface area (Å²) in [5.41, 5.74) is 0.486. The number of hydrogen-bond acceptors (Lipinski definition) is 5. The van der Waals surface area contributed by atoms with Crippen molar-refractivity contribution >= 4 is 11.6 Å². The third-order valence-electron chi connectivity index (χ3n) is 5.96. The second kappa shape index (κ2) is 13.9. The van der Waals surface area contributed by atoms with Crippen molar-refractivity contribution in [3.63, 3.8) is 0 Å². The Balaban J connectivity index is 1.58. The first-order chi connectivity index (χ1) is 15.0. The van der Waals surface area contributed by atoms with E-state index in [0.29, 0.717) is 11.7 Å². The fourth-order valence-corrected chi connectivity index (χ4v) is 3.98. The summed E-state index contributed by atoms with van der Waals surface area (Å²) in [4.78, 5) is 24.8. The van der Waals surface area contributed by atoms with Gasteiger partial charge in [-0.2, -0.15) is 0 Å². The third kappa shape index (κ3) is 8.79. The smallest absolute Gasteiger partial charge is 0.269 e. The summed E-state index contributed by atoms with van der Waals surface area (Å²) in [6.07, 6.45) is 11.8. The summed E-state index contributed by atoms with van der Waals surface area (Å²) in [7, 11) is 1.82. The number of amides is 1. The Morgan fingerprint density at radius 2 is 1.84 bits per heavy atom. The van der Waals surface area contributed by atoms with Crippen molar-refractivity contribution in [3.8, 4) is 0 Å². The number of non-ortho nitro benzene ring substituents is 1. The van der Waals surface area contributed by atoms with Gasteiger partial charge in [0.1, 0.15) is 0 Å². The summed E-state index contributed by atoms with van der Waals surface area (Å²) in [6.45, 7) is 6.63. The molecule has 7 heteroatoms. The molecule has 1 aromatic carbocycles. The van der Waals surface area contributed by atoms with Crippen molar-refractivity contribution < 1.29 is 14.5 Å². The molecule has 1 fully saturated rings. The minimum absolute atomic E-state index is 0.00274. The van der Waals surface area contributed by atoms with Crippen molar-refractivity contribution in [3.05, 3.63) is 52.6 Å². The number of carbonyl (C=O) groups is 1. The van der Waals surface area contributed by atoms with E-state index in [4.69, 9.17) is 4.74 Å². The number of carbonyl (C=O) groups excluding carboxylic acids is 1. The van der Waals surface area contributed by atoms with E-state index in [-0.39, 0.29) is 17.6 Å². The molecule has 1 amide bonds. The monoisotopic (exact) mass is 431 g/mol. The Morgan fingerprint density at radius 3 is 2.48 bits per heavy atom. The largest absolute Gasteiger partial charge is 0.378 e. The maximum absolute atomic E-state index is 12.7. The zero-order valence-corrected chi connectivity index (χ0v) is 18.8. The van der Waals surface area contributed by atoms with E-state index in [9.17, 15) is 14.9 Å². The van der Waals surface area contributed by atoms with E-state index in [1.807, 2.05) is 13.1 Å². The molecule has 0 saturated heterocycles. The second-order valence-corrected chi connectivity index (χ2v) is 8.26. The van der Waals surface area contributed by atoms with Crippen LogP contribution in [0.4, 0.5) is 5.69 Å². The van der Waals surface area contributed by atoms with Gasteiger partial charge in [-0.1, -0.05) is 18.9 Å². The highest BCUT2D eigenvalue weighted by Gasteiger charge is 2.27. The highest BCUT2D eigenvalue weighted by atomic mass is 16.6. The van der Waals surface area contributed by atoms with Crippen molar-refractivity contribution in [1.82, 2.24) is 10.2 Å². The number of nitro groups is 1. The minimum atomic E-state index is -0.456. The zero-order valence-electron chi connectivity index (χ0n) is 18.8. The van der Waals surface area contributed by atoms with Crippen molar-refractivity contribution in [1.29, 1.82) is 0 Å². The lowest BCUT2D eigenvalue weighted by atomic mass is 9.91. The van der Waals surface area contributed by atoms with Gasteiger partial charge in [-0.05, 0) is 70.2 Å². The van der Waals surface area contributed by atoms with Crippen LogP contribution in [0.1, 0.15) is 68.1 Å². The van der Waals surface area contributed by atoms with Gasteiger partial charge in [0.15, 0.2) is 0 Å². The molecular weight excluding hydrogens is 394 g/mol. The molecule has 1 N–H and O–H groups in total. The maximum Gasteiger partial charge on any atom is 0.269 e. The SMILES string of the molecule is C=CCCNCCCCCCO[C@H]1CC[C@H](N(C)C(=O)c2ccc([N+](=O)[O-])cc2)CC1. The molecule has 0 radical (unpaired) electrons. The molecule has 0 spiro atoms. The molecule has 0 bridgehead atoms. The third-order valence-corrected chi connectivity index (χ3v) is 5.96. The van der Waals surface area contributed by atoms with Crippen LogP contribution in [-0.4, -0.2) is 54.6 Å². The van der Waals surface area contributed by atoms with E-state index in [1.165, 1.54) is 43.5 Å². The molecule has 0 atom stereocenters. The first-order valence-electron chi connectivity index (χ1n) is 11.5. The van der Waals surface area contributed by atoms with Crippen LogP contribution in [0.3, 0.4) is 0 Å². The fraction of sp³-hybridized carbons (Fsp3) is 0.625. The number of benzene rings is 1. The van der Waals surface area contributed by atoms with E-state index < -0.39 is 4.92 Å². The summed E-state index contributed by atoms with van der Waals surface area (Å²) < 4.78 is 6.06. The maximum atomic E-state index is 12.7. The Kier molecular flexibility index (Phi) is 11.2. The van der Waals surface area contributed by atoms with Crippen LogP contribution >= 0.6 is 0 Å². The van der Waals surface area contributed by atoms with E-state index in [1.54, 1.807) is 4.90 Å². The number of nitrogens with zero attached hydrogens (tertiary/aromatic N) is 2. The lowest BCUT2D eigenvalue weighted by Crippen LogP contribution is -2.40. The van der Waals surface area contributed by atoms with Gasteiger partial charge in [-0.3, -0.25) is 14.9 Å². The molecule has 2 rings (SSSR count). The second-order valence-electron chi connectivity index (χ2n) is 8.26. The van der Waals surface area contributed by atoms with Crippen LogP contribution < -0.4 is 5.32 Å². The lowest BCUT2D eigenvalue weighted by molar-refractivity contribution is -0.384. The van der Waals surface area contributed by atoms with Gasteiger partial charge < -0.3 is 15.0 Å². The number of nitro benzene ring substituents is 1. The molecule has 0 unspecified atom stereocenters. The van der Waals surface area contributed by atoms with Gasteiger partial charge in [-0.15, -0.1) is 6.58 Å². The summed E-state index contributed by atoms with van der Waals surface area (Å²) >= 11 is 0. The lowest BCUT2D eigenvalue weighted by Gasteiger charge is -2.34. The Labute approximate surface area is 186 Å². The van der Waals surface area contributed by atoms with E-state index in [2.05, 4.69) is 11.9 Å². The molecule has 1 aromatic rings. The zero-order chi connectivity index (χ0) is 22.5. The minimum Gasteiger partial charge on any atom is -0.378 e. The fourth-order valence-electron chi connectivity index (χ4n) is 3.98. The normalized spacial score (nSPS) is 18.5. The number of unbranched alkanes of at least 4 members (excludes halogenated alkanes) is 3. The number of hydrogen-bond donors (Lipinski definition) is 1. The predicted octanol–water partition coefficient (Wildman–Crippen LogP) is 4.72. The molecule has 0 heterocycles. The first kappa shape index (κ1) is 25.0. The van der Waals surface area contributed by atoms with Crippen molar-refractivity contribution in [2.24, 2.45) is 0 Å². The van der Waals surface area contributed by atoms with Crippen LogP contribution in [0.15, 0.2) is 36.9 Å². The van der Waals surface area contributed by atoms with Crippen LogP contribution in [0.5, 0.6) is 0 Å². The Hall–Kier alpha value is -2.25. The first-order valence-corrected chi connectivity index (χ1v) is 11.5. The highest BCUT2D eigenvalue weighted by Crippen LogP contribution is 2.26. The predicted molar refractivity (Wildman–Crippen MR) is 123 cm³/mol. The van der Waals surface area contributed by atoms with Crippen molar-refractivity contribution in [2.45, 2.75) is 69.9 Å². The standard InChI is InChI=1S/C24H37N3O4/c1-3-4-17-25-18-7-5-6-8-19-31-23-15-13-21(14-16-23)26(2)24(28)20-9-11-22(12-10-20)27(29)30/h3,9-12,21,23,25H,1,4-8,13-19H2,2H3/t21-,23-. The van der Waals surface area contributed by atoms with Gasteiger partial charge in [0.25, 0.3) is 11.6 Å².